The number of rotatable bonds is 5. The standard InChI is InChI=1S/C15H25NOS/c1-11(2)13-5-3-4-6-14(13)16-9-15(17)12-7-8-18-10-12/h7-8,10-11,13-17H,3-6,9H2,1-2H3. The molecule has 1 aromatic rings. The molecule has 1 aliphatic rings. The van der Waals surface area contributed by atoms with Gasteiger partial charge < -0.3 is 10.4 Å². The van der Waals surface area contributed by atoms with Crippen LogP contribution in [0, 0.1) is 11.8 Å². The van der Waals surface area contributed by atoms with E-state index in [1.807, 2.05) is 16.8 Å². The zero-order valence-corrected chi connectivity index (χ0v) is 12.2. The summed E-state index contributed by atoms with van der Waals surface area (Å²) in [4.78, 5) is 0. The van der Waals surface area contributed by atoms with Crippen LogP contribution in [0.4, 0.5) is 0 Å². The van der Waals surface area contributed by atoms with Crippen LogP contribution in [0.1, 0.15) is 51.2 Å². The highest BCUT2D eigenvalue weighted by Gasteiger charge is 2.27. The van der Waals surface area contributed by atoms with Crippen LogP contribution < -0.4 is 5.32 Å². The number of aliphatic hydroxyl groups is 1. The predicted octanol–water partition coefficient (Wildman–Crippen LogP) is 3.59. The van der Waals surface area contributed by atoms with Gasteiger partial charge in [0.1, 0.15) is 0 Å². The third-order valence-electron chi connectivity index (χ3n) is 4.18. The molecule has 3 heteroatoms. The summed E-state index contributed by atoms with van der Waals surface area (Å²) in [6.07, 6.45) is 4.94. The van der Waals surface area contributed by atoms with E-state index in [9.17, 15) is 5.11 Å². The molecule has 1 aromatic heterocycles. The van der Waals surface area contributed by atoms with Crippen LogP contribution in [-0.4, -0.2) is 17.7 Å². The van der Waals surface area contributed by atoms with Gasteiger partial charge in [0.25, 0.3) is 0 Å². The zero-order valence-electron chi connectivity index (χ0n) is 11.4. The Morgan fingerprint density at radius 3 is 2.83 bits per heavy atom. The fraction of sp³-hybridized carbons (Fsp3) is 0.733. The van der Waals surface area contributed by atoms with E-state index in [0.717, 1.165) is 17.4 Å². The number of hydrogen-bond acceptors (Lipinski definition) is 3. The van der Waals surface area contributed by atoms with Crippen molar-refractivity contribution in [3.05, 3.63) is 22.4 Å². The van der Waals surface area contributed by atoms with E-state index >= 15 is 0 Å². The number of nitrogens with one attached hydrogen (secondary N) is 1. The van der Waals surface area contributed by atoms with Crippen LogP contribution >= 0.6 is 11.3 Å². The molecule has 3 unspecified atom stereocenters. The first-order valence-corrected chi connectivity index (χ1v) is 8.06. The van der Waals surface area contributed by atoms with Gasteiger partial charge in [0.05, 0.1) is 6.10 Å². The first-order valence-electron chi connectivity index (χ1n) is 7.12. The summed E-state index contributed by atoms with van der Waals surface area (Å²) in [6, 6.07) is 2.60. The van der Waals surface area contributed by atoms with E-state index < -0.39 is 0 Å². The van der Waals surface area contributed by atoms with Crippen molar-refractivity contribution in [2.45, 2.75) is 51.7 Å². The maximum absolute atomic E-state index is 10.1. The summed E-state index contributed by atoms with van der Waals surface area (Å²) in [7, 11) is 0. The molecule has 1 aliphatic carbocycles. The number of aliphatic hydroxyl groups excluding tert-OH is 1. The van der Waals surface area contributed by atoms with Crippen LogP contribution in [0.15, 0.2) is 16.8 Å². The van der Waals surface area contributed by atoms with Crippen LogP contribution in [0.3, 0.4) is 0 Å². The maximum atomic E-state index is 10.1. The molecule has 0 amide bonds. The molecule has 3 atom stereocenters. The Hall–Kier alpha value is -0.380. The fourth-order valence-electron chi connectivity index (χ4n) is 3.06. The molecule has 0 spiro atoms. The molecule has 18 heavy (non-hydrogen) atoms. The van der Waals surface area contributed by atoms with Crippen molar-refractivity contribution in [2.75, 3.05) is 6.54 Å². The predicted molar refractivity (Wildman–Crippen MR) is 77.9 cm³/mol. The molecule has 2 rings (SSSR count). The van der Waals surface area contributed by atoms with Crippen molar-refractivity contribution < 1.29 is 5.11 Å². The monoisotopic (exact) mass is 267 g/mol. The Morgan fingerprint density at radius 2 is 2.17 bits per heavy atom. The highest BCUT2D eigenvalue weighted by Crippen LogP contribution is 2.30. The van der Waals surface area contributed by atoms with Gasteiger partial charge in [0.2, 0.25) is 0 Å². The van der Waals surface area contributed by atoms with Crippen molar-refractivity contribution in [3.63, 3.8) is 0 Å². The van der Waals surface area contributed by atoms with Crippen molar-refractivity contribution in [1.29, 1.82) is 0 Å². The largest absolute Gasteiger partial charge is 0.387 e. The topological polar surface area (TPSA) is 32.3 Å². The zero-order chi connectivity index (χ0) is 13.0. The molecule has 1 fully saturated rings. The summed E-state index contributed by atoms with van der Waals surface area (Å²) in [5, 5.41) is 17.8. The summed E-state index contributed by atoms with van der Waals surface area (Å²) in [5.41, 5.74) is 1.05. The molecule has 1 saturated carbocycles. The lowest BCUT2D eigenvalue weighted by atomic mass is 9.78. The maximum Gasteiger partial charge on any atom is 0.0922 e. The molecule has 2 N–H and O–H groups in total. The second kappa shape index (κ2) is 6.69. The molecule has 0 radical (unpaired) electrons. The van der Waals surface area contributed by atoms with Crippen molar-refractivity contribution in [3.8, 4) is 0 Å². The van der Waals surface area contributed by atoms with E-state index in [1.54, 1.807) is 11.3 Å². The molecule has 0 aliphatic heterocycles. The minimum atomic E-state index is -0.356. The van der Waals surface area contributed by atoms with E-state index in [1.165, 1.54) is 25.7 Å². The van der Waals surface area contributed by atoms with Crippen LogP contribution in [0.2, 0.25) is 0 Å². The van der Waals surface area contributed by atoms with Gasteiger partial charge >= 0.3 is 0 Å². The Kier molecular flexibility index (Phi) is 5.22. The summed E-state index contributed by atoms with van der Waals surface area (Å²) in [5.74, 6) is 1.51. The molecule has 102 valence electrons. The summed E-state index contributed by atoms with van der Waals surface area (Å²) < 4.78 is 0. The van der Waals surface area contributed by atoms with E-state index in [4.69, 9.17) is 0 Å². The van der Waals surface area contributed by atoms with E-state index in [0.29, 0.717) is 12.6 Å². The molecular weight excluding hydrogens is 242 g/mol. The highest BCUT2D eigenvalue weighted by atomic mass is 32.1. The molecule has 0 bridgehead atoms. The Bertz CT molecular complexity index is 336. The SMILES string of the molecule is CC(C)C1CCCCC1NCC(O)c1ccsc1. The summed E-state index contributed by atoms with van der Waals surface area (Å²) >= 11 is 1.65. The third-order valence-corrected chi connectivity index (χ3v) is 4.88. The van der Waals surface area contributed by atoms with Gasteiger partial charge in [-0.15, -0.1) is 0 Å². The van der Waals surface area contributed by atoms with Crippen molar-refractivity contribution in [2.24, 2.45) is 11.8 Å². The molecule has 2 nitrogen and oxygen atoms in total. The first-order chi connectivity index (χ1) is 8.68. The Balaban J connectivity index is 1.84. The van der Waals surface area contributed by atoms with Gasteiger partial charge in [0.15, 0.2) is 0 Å². The fourth-order valence-corrected chi connectivity index (χ4v) is 3.76. The van der Waals surface area contributed by atoms with Gasteiger partial charge in [-0.1, -0.05) is 26.7 Å². The first kappa shape index (κ1) is 14.0. The molecule has 0 aromatic carbocycles. The Morgan fingerprint density at radius 1 is 1.39 bits per heavy atom. The average molecular weight is 267 g/mol. The van der Waals surface area contributed by atoms with Crippen LogP contribution in [0.5, 0.6) is 0 Å². The van der Waals surface area contributed by atoms with Gasteiger partial charge in [-0.25, -0.2) is 0 Å². The molecule has 0 saturated heterocycles. The third kappa shape index (κ3) is 3.56. The second-order valence-electron chi connectivity index (χ2n) is 5.78. The lowest BCUT2D eigenvalue weighted by Crippen LogP contribution is -2.42. The van der Waals surface area contributed by atoms with Crippen LogP contribution in [0.25, 0.3) is 0 Å². The molecular formula is C15H25NOS. The van der Waals surface area contributed by atoms with Gasteiger partial charge in [-0.05, 0) is 47.1 Å². The van der Waals surface area contributed by atoms with Crippen LogP contribution in [-0.2, 0) is 0 Å². The van der Waals surface area contributed by atoms with Gasteiger partial charge in [-0.2, -0.15) is 11.3 Å². The van der Waals surface area contributed by atoms with Crippen molar-refractivity contribution in [1.82, 2.24) is 5.32 Å². The Labute approximate surface area is 114 Å². The number of thiophene rings is 1. The minimum absolute atomic E-state index is 0.356. The van der Waals surface area contributed by atoms with Crippen molar-refractivity contribution >= 4 is 11.3 Å². The van der Waals surface area contributed by atoms with E-state index in [2.05, 4.69) is 19.2 Å². The second-order valence-corrected chi connectivity index (χ2v) is 6.56. The highest BCUT2D eigenvalue weighted by molar-refractivity contribution is 7.07. The molecule has 1 heterocycles. The van der Waals surface area contributed by atoms with Gasteiger partial charge in [-0.3, -0.25) is 0 Å². The minimum Gasteiger partial charge on any atom is -0.387 e. The smallest absolute Gasteiger partial charge is 0.0922 e. The normalized spacial score (nSPS) is 26.4. The lowest BCUT2D eigenvalue weighted by molar-refractivity contribution is 0.144. The van der Waals surface area contributed by atoms with Gasteiger partial charge in [0, 0.05) is 12.6 Å². The quantitative estimate of drug-likeness (QED) is 0.854. The lowest BCUT2D eigenvalue weighted by Gasteiger charge is -2.35. The summed E-state index contributed by atoms with van der Waals surface area (Å²) in [6.45, 7) is 5.32. The van der Waals surface area contributed by atoms with E-state index in [-0.39, 0.29) is 6.10 Å². The number of hydrogen-bond donors (Lipinski definition) is 2. The average Bonchev–Trinajstić information content (AvgIpc) is 2.90.